The molecule has 0 spiro atoms. The second kappa shape index (κ2) is 17.0. The predicted octanol–water partition coefficient (Wildman–Crippen LogP) is -8.28. The maximum Gasteiger partial charge on any atom is 3.00 e. The fraction of sp³-hybridized carbons (Fsp3) is 0. The molecular formula is AlB2GdO6. The van der Waals surface area contributed by atoms with Crippen molar-refractivity contribution in [2.45, 2.75) is 0 Å². The number of rotatable bonds is 0. The van der Waals surface area contributed by atoms with E-state index in [1.54, 1.807) is 0 Å². The van der Waals surface area contributed by atoms with Crippen LogP contribution in [0, 0.1) is 39.9 Å². The van der Waals surface area contributed by atoms with Crippen LogP contribution in [0.3, 0.4) is 0 Å². The van der Waals surface area contributed by atoms with E-state index >= 15 is 0 Å². The molecule has 1 radical (unpaired) electrons. The molecule has 6 nitrogen and oxygen atoms in total. The van der Waals surface area contributed by atoms with Crippen molar-refractivity contribution in [2.24, 2.45) is 0 Å². The van der Waals surface area contributed by atoms with Gasteiger partial charge < -0.3 is 30.1 Å². The molecule has 10 heavy (non-hydrogen) atoms. The molecule has 0 bridgehead atoms. The van der Waals surface area contributed by atoms with Gasteiger partial charge in [0.1, 0.15) is 0 Å². The average Bonchev–Trinajstić information content (AvgIpc) is 1.25. The van der Waals surface area contributed by atoms with Crippen LogP contribution in [0.5, 0.6) is 0 Å². The first-order chi connectivity index (χ1) is 3.46. The molecule has 53 valence electrons. The molecule has 10 heteroatoms. The fourth-order valence-electron chi connectivity index (χ4n) is 0. The summed E-state index contributed by atoms with van der Waals surface area (Å²) in [4.78, 5) is 0. The summed E-state index contributed by atoms with van der Waals surface area (Å²) in [6, 6.07) is 0. The molecular weight excluding hydrogens is 302 g/mol. The molecule has 0 saturated heterocycles. The van der Waals surface area contributed by atoms with Gasteiger partial charge >= 0.3 is 57.3 Å². The zero-order valence-corrected chi connectivity index (χ0v) is 7.96. The van der Waals surface area contributed by atoms with Crippen LogP contribution in [0.15, 0.2) is 0 Å². The van der Waals surface area contributed by atoms with Crippen molar-refractivity contribution in [3.8, 4) is 0 Å². The van der Waals surface area contributed by atoms with E-state index in [1.165, 1.54) is 0 Å². The predicted molar refractivity (Wildman–Crippen MR) is 17.3 cm³/mol. The number of hydrogen-bond donors (Lipinski definition) is 0. The Hall–Kier alpha value is 1.75. The maximum absolute atomic E-state index is 8.42. The van der Waals surface area contributed by atoms with Crippen molar-refractivity contribution < 1.29 is 70.1 Å². The summed E-state index contributed by atoms with van der Waals surface area (Å²) in [6.45, 7) is 0. The van der Waals surface area contributed by atoms with Gasteiger partial charge in [-0.3, -0.25) is 14.6 Å². The second-order valence-corrected chi connectivity index (χ2v) is 0.577. The normalized spacial score (nSPS) is 5.40. The SMILES string of the molecule is [Al+3].[Gd+3].[O-]B([O-])[O-].[O-]B([O-])[O-]. The Morgan fingerprint density at radius 2 is 0.600 bits per heavy atom. The standard InChI is InChI=1S/Al.2BO3.Gd/c;2*2-1(3)4;/q+3;2*-3;+3. The van der Waals surface area contributed by atoms with Gasteiger partial charge in [0.15, 0.2) is 0 Å². The summed E-state index contributed by atoms with van der Waals surface area (Å²) >= 11 is 0. The fourth-order valence-corrected chi connectivity index (χ4v) is 0. The third-order valence-electron chi connectivity index (χ3n) is 0. The smallest absolute Gasteiger partial charge is 0.907 e. The Labute approximate surface area is 101 Å². The zero-order valence-electron chi connectivity index (χ0n) is 4.54. The van der Waals surface area contributed by atoms with Crippen molar-refractivity contribution in [3.63, 3.8) is 0 Å². The van der Waals surface area contributed by atoms with E-state index in [-0.39, 0.29) is 57.3 Å². The van der Waals surface area contributed by atoms with E-state index in [4.69, 9.17) is 30.1 Å². The van der Waals surface area contributed by atoms with Crippen LogP contribution in [-0.4, -0.2) is 32.0 Å². The summed E-state index contributed by atoms with van der Waals surface area (Å²) in [7, 11) is -5.83. The summed E-state index contributed by atoms with van der Waals surface area (Å²) in [5.74, 6) is 0. The van der Waals surface area contributed by atoms with E-state index in [2.05, 4.69) is 0 Å². The molecule has 0 aliphatic rings. The summed E-state index contributed by atoms with van der Waals surface area (Å²) in [5.41, 5.74) is 0. The van der Waals surface area contributed by atoms with Crippen molar-refractivity contribution in [1.82, 2.24) is 0 Å². The Kier molecular flexibility index (Phi) is 38.5. The molecule has 0 amide bonds. The largest absolute Gasteiger partial charge is 3.00 e. The van der Waals surface area contributed by atoms with Crippen LogP contribution in [0.4, 0.5) is 0 Å². The topological polar surface area (TPSA) is 138 Å². The van der Waals surface area contributed by atoms with Crippen molar-refractivity contribution in [1.29, 1.82) is 0 Å². The van der Waals surface area contributed by atoms with E-state index in [0.29, 0.717) is 0 Å². The van der Waals surface area contributed by atoms with Gasteiger partial charge in [-0.2, -0.15) is 0 Å². The van der Waals surface area contributed by atoms with E-state index in [9.17, 15) is 0 Å². The Morgan fingerprint density at radius 3 is 0.600 bits per heavy atom. The van der Waals surface area contributed by atoms with Crippen LogP contribution in [0.2, 0.25) is 0 Å². The molecule has 0 saturated carbocycles. The van der Waals surface area contributed by atoms with Gasteiger partial charge in [-0.05, 0) is 0 Å². The minimum atomic E-state index is -2.92. The Bertz CT molecular complexity index is 31.2. The molecule has 0 atom stereocenters. The zero-order chi connectivity index (χ0) is 7.15. The van der Waals surface area contributed by atoms with E-state index < -0.39 is 14.6 Å². The molecule has 0 aromatic carbocycles. The van der Waals surface area contributed by atoms with Gasteiger partial charge in [-0.15, -0.1) is 0 Å². The summed E-state index contributed by atoms with van der Waals surface area (Å²) in [6.07, 6.45) is 0. The molecule has 0 aromatic heterocycles. The molecule has 0 fully saturated rings. The van der Waals surface area contributed by atoms with Crippen LogP contribution < -0.4 is 30.1 Å². The summed E-state index contributed by atoms with van der Waals surface area (Å²) < 4.78 is 0. The third kappa shape index (κ3) is 244. The second-order valence-electron chi connectivity index (χ2n) is 0.577. The summed E-state index contributed by atoms with van der Waals surface area (Å²) in [5, 5.41) is 50.5. The van der Waals surface area contributed by atoms with Crippen LogP contribution in [-0.2, 0) is 0 Å². The molecule has 0 aromatic rings. The van der Waals surface area contributed by atoms with Gasteiger partial charge in [0.2, 0.25) is 0 Å². The van der Waals surface area contributed by atoms with Gasteiger partial charge in [0, 0.05) is 0 Å². The minimum absolute atomic E-state index is 0. The molecule has 0 aliphatic carbocycles. The van der Waals surface area contributed by atoms with Crippen LogP contribution >= 0.6 is 0 Å². The van der Waals surface area contributed by atoms with Gasteiger partial charge in [-0.1, -0.05) is 0 Å². The molecule has 0 aliphatic heterocycles. The first kappa shape index (κ1) is 22.6. The monoisotopic (exact) mass is 303 g/mol. The number of hydrogen-bond acceptors (Lipinski definition) is 6. The Balaban J connectivity index is -0.0000000300. The van der Waals surface area contributed by atoms with Crippen LogP contribution in [0.25, 0.3) is 0 Å². The maximum atomic E-state index is 8.42. The van der Waals surface area contributed by atoms with E-state index in [0.717, 1.165) is 0 Å². The minimum Gasteiger partial charge on any atom is -0.907 e. The Morgan fingerprint density at radius 1 is 0.600 bits per heavy atom. The van der Waals surface area contributed by atoms with Crippen molar-refractivity contribution in [3.05, 3.63) is 0 Å². The van der Waals surface area contributed by atoms with Gasteiger partial charge in [0.25, 0.3) is 0 Å². The third-order valence-corrected chi connectivity index (χ3v) is 0. The van der Waals surface area contributed by atoms with Crippen molar-refractivity contribution in [2.75, 3.05) is 0 Å². The molecule has 0 rings (SSSR count). The van der Waals surface area contributed by atoms with Crippen LogP contribution in [0.1, 0.15) is 0 Å². The average molecular weight is 302 g/mol. The molecule has 0 unspecified atom stereocenters. The first-order valence-corrected chi connectivity index (χ1v) is 1.41. The molecule has 0 N–H and O–H groups in total. The van der Waals surface area contributed by atoms with Crippen molar-refractivity contribution >= 4 is 32.0 Å². The first-order valence-electron chi connectivity index (χ1n) is 1.41. The quantitative estimate of drug-likeness (QED) is 0.407. The molecule has 0 heterocycles. The van der Waals surface area contributed by atoms with Gasteiger partial charge in [-0.25, -0.2) is 0 Å². The van der Waals surface area contributed by atoms with Gasteiger partial charge in [0.05, 0.1) is 0 Å². The van der Waals surface area contributed by atoms with E-state index in [1.807, 2.05) is 0 Å².